The van der Waals surface area contributed by atoms with Gasteiger partial charge in [-0.3, -0.25) is 19.2 Å². The van der Waals surface area contributed by atoms with E-state index in [-0.39, 0.29) is 61.2 Å². The third-order valence-electron chi connectivity index (χ3n) is 9.39. The summed E-state index contributed by atoms with van der Waals surface area (Å²) < 4.78 is 19.9. The van der Waals surface area contributed by atoms with Gasteiger partial charge in [-0.2, -0.15) is 0 Å². The zero-order chi connectivity index (χ0) is 37.3. The molecule has 0 unspecified atom stereocenters. The lowest BCUT2D eigenvalue weighted by atomic mass is 9.84. The number of phenols is 1. The van der Waals surface area contributed by atoms with Crippen molar-refractivity contribution in [3.63, 3.8) is 0 Å². The Bertz CT molecular complexity index is 1850. The average Bonchev–Trinajstić information content (AvgIpc) is 3.14. The number of aromatic hydroxyl groups is 1. The fraction of sp³-hybridized carbons (Fsp3) is 0.317. The van der Waals surface area contributed by atoms with E-state index in [1.807, 2.05) is 44.2 Å². The molecule has 1 heterocycles. The van der Waals surface area contributed by atoms with Crippen molar-refractivity contribution in [2.75, 3.05) is 20.2 Å². The number of carbonyl (C=O) groups is 4. The molecule has 1 aliphatic rings. The van der Waals surface area contributed by atoms with Crippen molar-refractivity contribution >= 4 is 23.6 Å². The minimum atomic E-state index is -1.11. The van der Waals surface area contributed by atoms with E-state index in [0.29, 0.717) is 6.42 Å². The normalized spacial score (nSPS) is 18.9. The molecule has 3 atom stereocenters. The Morgan fingerprint density at radius 3 is 2.25 bits per heavy atom. The van der Waals surface area contributed by atoms with Gasteiger partial charge in [0, 0.05) is 31.8 Å². The fourth-order valence-electron chi connectivity index (χ4n) is 6.13. The molecular formula is C41H45FN4O6. The number of hydrogen-bond donors (Lipinski definition) is 4. The van der Waals surface area contributed by atoms with Gasteiger partial charge in [0.05, 0.1) is 11.6 Å². The number of carbonyl (C=O) groups excluding carboxylic acids is 4. The highest BCUT2D eigenvalue weighted by atomic mass is 19.1. The van der Waals surface area contributed by atoms with Crippen molar-refractivity contribution in [1.29, 1.82) is 0 Å². The van der Waals surface area contributed by atoms with Gasteiger partial charge in [0.2, 0.25) is 17.7 Å². The maximum absolute atomic E-state index is 14.2. The van der Waals surface area contributed by atoms with E-state index >= 15 is 0 Å². The second kappa shape index (κ2) is 17.0. The van der Waals surface area contributed by atoms with Crippen LogP contribution in [0.5, 0.6) is 11.5 Å². The monoisotopic (exact) mass is 708 g/mol. The highest BCUT2D eigenvalue weighted by Gasteiger charge is 2.32. The molecule has 0 aromatic heterocycles. The summed E-state index contributed by atoms with van der Waals surface area (Å²) in [6.07, 6.45) is 0.355. The molecule has 0 spiro atoms. The van der Waals surface area contributed by atoms with Crippen LogP contribution in [0, 0.1) is 5.82 Å². The smallest absolute Gasteiger partial charge is 0.255 e. The van der Waals surface area contributed by atoms with Gasteiger partial charge < -0.3 is 30.7 Å². The Kier molecular flexibility index (Phi) is 12.3. The van der Waals surface area contributed by atoms with Crippen LogP contribution in [0.2, 0.25) is 0 Å². The molecule has 4 N–H and O–H groups in total. The molecule has 0 aliphatic carbocycles. The van der Waals surface area contributed by atoms with Crippen LogP contribution >= 0.6 is 0 Å². The van der Waals surface area contributed by atoms with E-state index in [2.05, 4.69) is 16.0 Å². The standard InChI is InChI=1S/C41H45FN4O6/c1-41(2,29-15-17-30(42)18-16-29)26-43-39(50)34-21-22-37(48)44-35(24-28-13-19-32(47)20-14-28)40(51)46(3)31(23-27-9-5-4-6-10-27)25-52-36-12-8-7-11-33(36)38(49)45-34/h4-20,31,34-35,47H,21-26H2,1-3H3,(H,43,50)(H,44,48)(H,45,49)/t31-,34+,35+/m1/s1. The molecule has 272 valence electrons. The first-order chi connectivity index (χ1) is 24.9. The molecule has 0 saturated heterocycles. The minimum absolute atomic E-state index is 0.0314. The summed E-state index contributed by atoms with van der Waals surface area (Å²) in [6, 6.07) is 26.2. The second-order valence-electron chi connectivity index (χ2n) is 13.8. The summed E-state index contributed by atoms with van der Waals surface area (Å²) in [5, 5.41) is 18.4. The van der Waals surface area contributed by atoms with Crippen LogP contribution < -0.4 is 20.7 Å². The lowest BCUT2D eigenvalue weighted by Crippen LogP contribution is -2.53. The highest BCUT2D eigenvalue weighted by molar-refractivity contribution is 6.00. The van der Waals surface area contributed by atoms with Crippen LogP contribution in [-0.4, -0.2) is 72.0 Å². The summed E-state index contributed by atoms with van der Waals surface area (Å²) in [5.41, 5.74) is 2.13. The van der Waals surface area contributed by atoms with Gasteiger partial charge >= 0.3 is 0 Å². The van der Waals surface area contributed by atoms with Gasteiger partial charge in [-0.05, 0) is 65.9 Å². The topological polar surface area (TPSA) is 137 Å². The predicted molar refractivity (Wildman–Crippen MR) is 195 cm³/mol. The number of rotatable bonds is 8. The summed E-state index contributed by atoms with van der Waals surface area (Å²) >= 11 is 0. The molecule has 4 aromatic carbocycles. The van der Waals surface area contributed by atoms with Gasteiger partial charge in [0.15, 0.2) is 0 Å². The Hall–Kier alpha value is -5.71. The number of likely N-dealkylation sites (N-methyl/N-ethyl adjacent to an activating group) is 1. The first-order valence-corrected chi connectivity index (χ1v) is 17.3. The number of phenolic OH excluding ortho intramolecular Hbond substituents is 1. The molecule has 52 heavy (non-hydrogen) atoms. The van der Waals surface area contributed by atoms with Gasteiger partial charge in [-0.25, -0.2) is 4.39 Å². The number of nitrogens with zero attached hydrogens (tertiary/aromatic N) is 1. The molecule has 11 heteroatoms. The van der Waals surface area contributed by atoms with Crippen molar-refractivity contribution in [2.45, 2.75) is 63.1 Å². The second-order valence-corrected chi connectivity index (χ2v) is 13.8. The van der Waals surface area contributed by atoms with E-state index in [1.165, 1.54) is 24.3 Å². The van der Waals surface area contributed by atoms with Crippen molar-refractivity contribution in [3.05, 3.63) is 131 Å². The zero-order valence-electron chi connectivity index (χ0n) is 29.6. The Morgan fingerprint density at radius 2 is 1.54 bits per heavy atom. The molecule has 4 aromatic rings. The lowest BCUT2D eigenvalue weighted by molar-refractivity contribution is -0.137. The van der Waals surface area contributed by atoms with E-state index in [0.717, 1.165) is 16.7 Å². The molecule has 1 aliphatic heterocycles. The molecule has 0 bridgehead atoms. The molecular weight excluding hydrogens is 663 g/mol. The maximum atomic E-state index is 14.2. The fourth-order valence-corrected chi connectivity index (χ4v) is 6.13. The third-order valence-corrected chi connectivity index (χ3v) is 9.39. The van der Waals surface area contributed by atoms with Crippen molar-refractivity contribution in [1.82, 2.24) is 20.9 Å². The van der Waals surface area contributed by atoms with Gasteiger partial charge in [-0.15, -0.1) is 0 Å². The minimum Gasteiger partial charge on any atom is -0.508 e. The number of nitrogens with one attached hydrogen (secondary N) is 3. The van der Waals surface area contributed by atoms with Crippen LogP contribution in [0.15, 0.2) is 103 Å². The highest BCUT2D eigenvalue weighted by Crippen LogP contribution is 2.24. The number of amides is 4. The van der Waals surface area contributed by atoms with Gasteiger partial charge in [0.1, 0.15) is 36.0 Å². The molecule has 10 nitrogen and oxygen atoms in total. The average molecular weight is 709 g/mol. The van der Waals surface area contributed by atoms with Crippen LogP contribution in [0.4, 0.5) is 4.39 Å². The zero-order valence-corrected chi connectivity index (χ0v) is 29.6. The summed E-state index contributed by atoms with van der Waals surface area (Å²) in [7, 11) is 1.67. The molecule has 0 fully saturated rings. The van der Waals surface area contributed by atoms with Crippen LogP contribution in [0.3, 0.4) is 0 Å². The maximum Gasteiger partial charge on any atom is 0.255 e. The summed E-state index contributed by atoms with van der Waals surface area (Å²) in [4.78, 5) is 56.8. The van der Waals surface area contributed by atoms with Gasteiger partial charge in [-0.1, -0.05) is 80.6 Å². The largest absolute Gasteiger partial charge is 0.508 e. The van der Waals surface area contributed by atoms with Crippen LogP contribution in [-0.2, 0) is 32.6 Å². The Labute approximate surface area is 303 Å². The summed E-state index contributed by atoms with van der Waals surface area (Å²) in [5.74, 6) is -1.89. The number of benzene rings is 4. The van der Waals surface area contributed by atoms with E-state index in [9.17, 15) is 28.7 Å². The van der Waals surface area contributed by atoms with Crippen molar-refractivity contribution < 1.29 is 33.4 Å². The molecule has 4 amide bonds. The van der Waals surface area contributed by atoms with Gasteiger partial charge in [0.25, 0.3) is 5.91 Å². The number of hydrogen-bond acceptors (Lipinski definition) is 6. The number of fused-ring (bicyclic) bond motifs is 1. The Balaban J connectivity index is 1.44. The quantitative estimate of drug-likeness (QED) is 0.210. The first kappa shape index (κ1) is 37.5. The number of halogens is 1. The van der Waals surface area contributed by atoms with Crippen LogP contribution in [0.25, 0.3) is 0 Å². The lowest BCUT2D eigenvalue weighted by Gasteiger charge is -2.32. The number of ether oxygens (including phenoxy) is 1. The molecule has 0 radical (unpaired) electrons. The predicted octanol–water partition coefficient (Wildman–Crippen LogP) is 4.69. The van der Waals surface area contributed by atoms with E-state index in [4.69, 9.17) is 4.74 Å². The van der Waals surface area contributed by atoms with E-state index in [1.54, 1.807) is 60.5 Å². The first-order valence-electron chi connectivity index (χ1n) is 17.3. The molecule has 0 saturated carbocycles. The Morgan fingerprint density at radius 1 is 0.885 bits per heavy atom. The SMILES string of the molecule is CN1C(=O)[C@H](Cc2ccc(O)cc2)NC(=O)CC[C@@H](C(=O)NCC(C)(C)c2ccc(F)cc2)NC(=O)c2ccccc2OC[C@H]1Cc1ccccc1. The third kappa shape index (κ3) is 9.96. The van der Waals surface area contributed by atoms with Crippen molar-refractivity contribution in [3.8, 4) is 11.5 Å². The van der Waals surface area contributed by atoms with E-state index < -0.39 is 41.3 Å². The number of para-hydroxylation sites is 1. The summed E-state index contributed by atoms with van der Waals surface area (Å²) in [6.45, 7) is 4.02. The van der Waals surface area contributed by atoms with Crippen LogP contribution in [0.1, 0.15) is 53.7 Å². The molecule has 5 rings (SSSR count). The van der Waals surface area contributed by atoms with Crippen molar-refractivity contribution in [2.24, 2.45) is 0 Å².